The first-order valence-corrected chi connectivity index (χ1v) is 9.73. The van der Waals surface area contributed by atoms with Crippen molar-refractivity contribution in [3.63, 3.8) is 0 Å². The van der Waals surface area contributed by atoms with E-state index >= 15 is 0 Å². The first kappa shape index (κ1) is 19.4. The maximum absolute atomic E-state index is 12.8. The third kappa shape index (κ3) is 3.70. The lowest BCUT2D eigenvalue weighted by molar-refractivity contribution is 0.973. The summed E-state index contributed by atoms with van der Waals surface area (Å²) in [6.45, 7) is 0.894. The van der Waals surface area contributed by atoms with E-state index in [0.29, 0.717) is 51.5 Å². The normalized spacial score (nSPS) is 11.0. The van der Waals surface area contributed by atoms with E-state index in [1.54, 1.807) is 30.3 Å². The quantitative estimate of drug-likeness (QED) is 0.501. The zero-order chi connectivity index (χ0) is 20.4. The Balaban J connectivity index is 2.09. The van der Waals surface area contributed by atoms with Gasteiger partial charge < -0.3 is 11.1 Å². The lowest BCUT2D eigenvalue weighted by atomic mass is 10.1. The average molecular weight is 426 g/mol. The zero-order valence-corrected chi connectivity index (χ0v) is 16.8. The van der Waals surface area contributed by atoms with Crippen LogP contribution in [0, 0.1) is 0 Å². The second-order valence-electron chi connectivity index (χ2n) is 6.29. The zero-order valence-electron chi connectivity index (χ0n) is 15.3. The third-order valence-electron chi connectivity index (χ3n) is 4.40. The number of nitrogens with one attached hydrogen (secondary N) is 1. The van der Waals surface area contributed by atoms with Crippen LogP contribution in [0.4, 0.5) is 5.95 Å². The highest BCUT2D eigenvalue weighted by atomic mass is 35.5. The summed E-state index contributed by atoms with van der Waals surface area (Å²) in [5.74, 6) is 0.351. The monoisotopic (exact) mass is 425 g/mol. The lowest BCUT2D eigenvalue weighted by Crippen LogP contribution is -2.20. The number of benzene rings is 2. The van der Waals surface area contributed by atoms with Gasteiger partial charge in [-0.15, -0.1) is 0 Å². The molecule has 0 aliphatic rings. The number of para-hydroxylation sites is 1. The number of nitrogens with zero attached hydrogens (tertiary/aromatic N) is 3. The molecule has 3 N–H and O–H groups in total. The topological polar surface area (TPSA) is 85.8 Å². The smallest absolute Gasteiger partial charge is 0.256 e. The Morgan fingerprint density at radius 1 is 0.931 bits per heavy atom. The molecule has 0 radical (unpaired) electrons. The van der Waals surface area contributed by atoms with Crippen molar-refractivity contribution in [3.8, 4) is 16.9 Å². The Labute approximate surface area is 176 Å². The second-order valence-corrected chi connectivity index (χ2v) is 7.10. The van der Waals surface area contributed by atoms with Gasteiger partial charge in [0.05, 0.1) is 16.4 Å². The number of aromatic nitrogens is 3. The minimum Gasteiger partial charge on any atom is -0.353 e. The van der Waals surface area contributed by atoms with Gasteiger partial charge in [-0.1, -0.05) is 53.5 Å². The summed E-state index contributed by atoms with van der Waals surface area (Å²) in [6, 6.07) is 17.7. The summed E-state index contributed by atoms with van der Waals surface area (Å²) in [5, 5.41) is 4.76. The van der Waals surface area contributed by atoms with Crippen molar-refractivity contribution in [2.45, 2.75) is 0 Å². The number of anilines is 1. The van der Waals surface area contributed by atoms with Gasteiger partial charge in [0.15, 0.2) is 5.65 Å². The molecule has 0 fully saturated rings. The van der Waals surface area contributed by atoms with E-state index in [0.717, 1.165) is 5.56 Å². The van der Waals surface area contributed by atoms with Crippen LogP contribution in [0.15, 0.2) is 65.5 Å². The molecule has 4 aromatic rings. The van der Waals surface area contributed by atoms with Gasteiger partial charge in [-0.05, 0) is 24.3 Å². The molecule has 0 unspecified atom stereocenters. The summed E-state index contributed by atoms with van der Waals surface area (Å²) in [4.78, 5) is 22.0. The number of nitrogens with two attached hydrogens (primary N) is 1. The molecule has 2 aromatic heterocycles. The van der Waals surface area contributed by atoms with Gasteiger partial charge in [-0.2, -0.15) is 4.98 Å². The van der Waals surface area contributed by atoms with Crippen molar-refractivity contribution in [1.29, 1.82) is 0 Å². The molecule has 0 aliphatic carbocycles. The number of halogens is 2. The molecule has 4 rings (SSSR count). The highest BCUT2D eigenvalue weighted by molar-refractivity contribution is 6.33. The van der Waals surface area contributed by atoms with Crippen molar-refractivity contribution in [2.24, 2.45) is 5.73 Å². The first-order valence-electron chi connectivity index (χ1n) is 8.97. The van der Waals surface area contributed by atoms with Gasteiger partial charge >= 0.3 is 0 Å². The number of hydrogen-bond donors (Lipinski definition) is 2. The number of rotatable bonds is 5. The average Bonchev–Trinajstić information content (AvgIpc) is 2.73. The molecule has 0 saturated heterocycles. The van der Waals surface area contributed by atoms with E-state index in [1.165, 1.54) is 10.6 Å². The molecular weight excluding hydrogens is 409 g/mol. The Hall–Kier alpha value is -2.93. The van der Waals surface area contributed by atoms with Crippen LogP contribution in [-0.4, -0.2) is 27.6 Å². The molecule has 0 aliphatic heterocycles. The summed E-state index contributed by atoms with van der Waals surface area (Å²) < 4.78 is 1.48. The summed E-state index contributed by atoms with van der Waals surface area (Å²) in [7, 11) is 0. The van der Waals surface area contributed by atoms with Crippen LogP contribution in [0.5, 0.6) is 0 Å². The van der Waals surface area contributed by atoms with Crippen molar-refractivity contribution in [2.75, 3.05) is 18.4 Å². The molecule has 29 heavy (non-hydrogen) atoms. The van der Waals surface area contributed by atoms with Gasteiger partial charge in [0.25, 0.3) is 5.56 Å². The largest absolute Gasteiger partial charge is 0.353 e. The molecule has 2 aromatic carbocycles. The Morgan fingerprint density at radius 2 is 1.66 bits per heavy atom. The third-order valence-corrected chi connectivity index (χ3v) is 5.05. The van der Waals surface area contributed by atoms with Crippen LogP contribution in [0.1, 0.15) is 0 Å². The van der Waals surface area contributed by atoms with Crippen molar-refractivity contribution >= 4 is 40.2 Å². The summed E-state index contributed by atoms with van der Waals surface area (Å²) in [5.41, 5.74) is 7.68. The predicted molar refractivity (Wildman–Crippen MR) is 118 cm³/mol. The molecule has 8 heteroatoms. The van der Waals surface area contributed by atoms with Crippen LogP contribution in [0.2, 0.25) is 10.0 Å². The molecule has 0 spiro atoms. The minimum atomic E-state index is -0.251. The number of pyridine rings is 1. The van der Waals surface area contributed by atoms with Crippen LogP contribution < -0.4 is 16.6 Å². The highest BCUT2D eigenvalue weighted by Gasteiger charge is 2.17. The fraction of sp³-hybridized carbons (Fsp3) is 0.0952. The van der Waals surface area contributed by atoms with Gasteiger partial charge in [-0.3, -0.25) is 9.36 Å². The second kappa shape index (κ2) is 8.21. The Kier molecular flexibility index (Phi) is 5.49. The van der Waals surface area contributed by atoms with E-state index in [4.69, 9.17) is 28.9 Å². The summed E-state index contributed by atoms with van der Waals surface area (Å²) in [6.07, 6.45) is 0. The standard InChI is InChI=1S/C21H17Cl2N5O/c22-15-6-2-1-5-13(15)19-14-9-10-18(29)28(17-8-4-3-7-16(17)23)20(14)27-21(26-19)25-12-11-24/h1-10H,11-12,24H2,(H,25,26,27). The van der Waals surface area contributed by atoms with Gasteiger partial charge in [-0.25, -0.2) is 4.98 Å². The molecule has 0 atom stereocenters. The van der Waals surface area contributed by atoms with E-state index in [1.807, 2.05) is 24.3 Å². The van der Waals surface area contributed by atoms with E-state index in [9.17, 15) is 4.79 Å². The van der Waals surface area contributed by atoms with E-state index < -0.39 is 0 Å². The van der Waals surface area contributed by atoms with Gasteiger partial charge in [0.2, 0.25) is 5.95 Å². The fourth-order valence-corrected chi connectivity index (χ4v) is 3.55. The van der Waals surface area contributed by atoms with Crippen molar-refractivity contribution in [1.82, 2.24) is 14.5 Å². The first-order chi connectivity index (χ1) is 14.1. The molecule has 146 valence electrons. The number of fused-ring (bicyclic) bond motifs is 1. The van der Waals surface area contributed by atoms with Crippen molar-refractivity contribution < 1.29 is 0 Å². The van der Waals surface area contributed by atoms with Crippen LogP contribution in [-0.2, 0) is 0 Å². The number of hydrogen-bond acceptors (Lipinski definition) is 5. The van der Waals surface area contributed by atoms with E-state index in [-0.39, 0.29) is 5.56 Å². The Bertz CT molecular complexity index is 1260. The molecular formula is C21H17Cl2N5O. The molecule has 2 heterocycles. The summed E-state index contributed by atoms with van der Waals surface area (Å²) >= 11 is 12.8. The highest BCUT2D eigenvalue weighted by Crippen LogP contribution is 2.33. The van der Waals surface area contributed by atoms with Gasteiger partial charge in [0.1, 0.15) is 0 Å². The van der Waals surface area contributed by atoms with Crippen molar-refractivity contribution in [3.05, 3.63) is 81.1 Å². The predicted octanol–water partition coefficient (Wildman–Crippen LogP) is 4.13. The minimum absolute atomic E-state index is 0.251. The molecule has 0 bridgehead atoms. The van der Waals surface area contributed by atoms with E-state index in [2.05, 4.69) is 15.3 Å². The maximum Gasteiger partial charge on any atom is 0.256 e. The maximum atomic E-state index is 12.8. The SMILES string of the molecule is NCCNc1nc(-c2ccccc2Cl)c2ccc(=O)n(-c3ccccc3Cl)c2n1. The molecule has 0 amide bonds. The van der Waals surface area contributed by atoms with Crippen LogP contribution in [0.25, 0.3) is 28.0 Å². The van der Waals surface area contributed by atoms with Gasteiger partial charge in [0, 0.05) is 35.1 Å². The Morgan fingerprint density at radius 3 is 2.38 bits per heavy atom. The van der Waals surface area contributed by atoms with Crippen LogP contribution >= 0.6 is 23.2 Å². The molecule has 6 nitrogen and oxygen atoms in total. The fourth-order valence-electron chi connectivity index (χ4n) is 3.10. The van der Waals surface area contributed by atoms with Crippen LogP contribution in [0.3, 0.4) is 0 Å². The lowest BCUT2D eigenvalue weighted by Gasteiger charge is -2.15. The molecule has 0 saturated carbocycles.